The molecule has 9 rings (SSSR count). The number of ether oxygens (including phenoxy) is 1. The molecule has 4 heterocycles. The number of hydrogen-bond donors (Lipinski definition) is 0. The molecular formula is C45H34N4OPt. The van der Waals surface area contributed by atoms with Crippen molar-refractivity contribution < 1.29 is 25.8 Å². The molecule has 5 nitrogen and oxygen atoms in total. The molecule has 51 heavy (non-hydrogen) atoms. The van der Waals surface area contributed by atoms with Crippen LogP contribution in [-0.4, -0.2) is 26.2 Å². The number of benzene rings is 5. The Labute approximate surface area is 311 Å². The van der Waals surface area contributed by atoms with Crippen LogP contribution in [0.3, 0.4) is 0 Å². The fourth-order valence-corrected chi connectivity index (χ4v) is 7.20. The van der Waals surface area contributed by atoms with Gasteiger partial charge in [0.2, 0.25) is 0 Å². The maximum absolute atomic E-state index is 5.65. The Morgan fingerprint density at radius 3 is 1.96 bits per heavy atom. The molecule has 0 aliphatic rings. The van der Waals surface area contributed by atoms with Crippen molar-refractivity contribution in [2.75, 3.05) is 7.11 Å². The third-order valence-corrected chi connectivity index (χ3v) is 9.63. The maximum Gasteiger partial charge on any atom is 2.00 e. The van der Waals surface area contributed by atoms with Gasteiger partial charge in [-0.15, -0.1) is 42.0 Å². The van der Waals surface area contributed by atoms with Gasteiger partial charge in [-0.1, -0.05) is 87.1 Å². The van der Waals surface area contributed by atoms with E-state index >= 15 is 0 Å². The average Bonchev–Trinajstić information content (AvgIpc) is 3.67. The van der Waals surface area contributed by atoms with Gasteiger partial charge < -0.3 is 9.30 Å². The Bertz CT molecular complexity index is 2720. The van der Waals surface area contributed by atoms with Crippen LogP contribution in [0.25, 0.3) is 77.8 Å². The first-order valence-corrected chi connectivity index (χ1v) is 16.9. The fourth-order valence-electron chi connectivity index (χ4n) is 7.20. The van der Waals surface area contributed by atoms with E-state index in [4.69, 9.17) is 14.7 Å². The van der Waals surface area contributed by atoms with E-state index < -0.39 is 0 Å². The van der Waals surface area contributed by atoms with Crippen LogP contribution in [0.15, 0.2) is 133 Å². The molecule has 4 aromatic heterocycles. The predicted octanol–water partition coefficient (Wildman–Crippen LogP) is 10.9. The first kappa shape index (κ1) is 32.7. The number of rotatable bonds is 5. The summed E-state index contributed by atoms with van der Waals surface area (Å²) in [4.78, 5) is 10.9. The first-order valence-electron chi connectivity index (χ1n) is 16.9. The number of hydrogen-bond acceptors (Lipinski definition) is 3. The van der Waals surface area contributed by atoms with Crippen LogP contribution in [0.4, 0.5) is 0 Å². The summed E-state index contributed by atoms with van der Waals surface area (Å²) in [6, 6.07) is 53.0. The van der Waals surface area contributed by atoms with E-state index in [2.05, 4.69) is 127 Å². The summed E-state index contributed by atoms with van der Waals surface area (Å²) in [5.74, 6) is 1.61. The van der Waals surface area contributed by atoms with E-state index in [9.17, 15) is 0 Å². The Morgan fingerprint density at radius 1 is 0.627 bits per heavy atom. The Morgan fingerprint density at radius 2 is 1.29 bits per heavy atom. The molecule has 250 valence electrons. The van der Waals surface area contributed by atoms with Gasteiger partial charge >= 0.3 is 21.1 Å². The second-order valence-corrected chi connectivity index (χ2v) is 13.7. The standard InChI is InChI=1S/C45H34N4O.Pt/c1-45(2,3)31-16-12-17-32(28-31)48-37-21-10-8-18-34(37)41-40(30-24-26-33(50-4)27-25-30)42-35-19-9-11-22-38(35)49(44(42)47-43(41)48)39-23-13-20-36(46-39)29-14-6-5-7-15-29;/h5-14,16,18-28H,1-4H3;/q-2;+2. The van der Waals surface area contributed by atoms with E-state index in [1.54, 1.807) is 7.11 Å². The van der Waals surface area contributed by atoms with Crippen molar-refractivity contribution in [1.82, 2.24) is 19.1 Å². The zero-order chi connectivity index (χ0) is 34.0. The summed E-state index contributed by atoms with van der Waals surface area (Å²) < 4.78 is 10.1. The van der Waals surface area contributed by atoms with Gasteiger partial charge in [-0.2, -0.15) is 23.8 Å². The fraction of sp³-hybridized carbons (Fsp3) is 0.111. The predicted molar refractivity (Wildman–Crippen MR) is 205 cm³/mol. The average molecular weight is 842 g/mol. The second-order valence-electron chi connectivity index (χ2n) is 13.7. The molecule has 0 aliphatic heterocycles. The van der Waals surface area contributed by atoms with Crippen LogP contribution in [0.1, 0.15) is 26.3 Å². The summed E-state index contributed by atoms with van der Waals surface area (Å²) in [6.07, 6.45) is 0. The van der Waals surface area contributed by atoms with Gasteiger partial charge in [0, 0.05) is 27.1 Å². The minimum Gasteiger partial charge on any atom is -0.497 e. The van der Waals surface area contributed by atoms with Crippen LogP contribution in [0.5, 0.6) is 5.75 Å². The number of aromatic nitrogens is 4. The van der Waals surface area contributed by atoms with Gasteiger partial charge in [-0.05, 0) is 47.0 Å². The maximum atomic E-state index is 5.65. The van der Waals surface area contributed by atoms with Crippen LogP contribution in [0.2, 0.25) is 0 Å². The van der Waals surface area contributed by atoms with E-state index in [1.807, 2.05) is 48.5 Å². The van der Waals surface area contributed by atoms with Gasteiger partial charge in [-0.3, -0.25) is 9.55 Å². The van der Waals surface area contributed by atoms with Gasteiger partial charge in [0.05, 0.1) is 18.1 Å². The second kappa shape index (κ2) is 12.7. The van der Waals surface area contributed by atoms with Crippen molar-refractivity contribution in [2.24, 2.45) is 0 Å². The van der Waals surface area contributed by atoms with E-state index in [1.165, 1.54) is 5.56 Å². The van der Waals surface area contributed by atoms with E-state index in [0.717, 1.165) is 83.5 Å². The van der Waals surface area contributed by atoms with E-state index in [-0.39, 0.29) is 26.5 Å². The van der Waals surface area contributed by atoms with Crippen molar-refractivity contribution >= 4 is 43.9 Å². The van der Waals surface area contributed by atoms with Crippen molar-refractivity contribution in [1.29, 1.82) is 0 Å². The SMILES string of the molecule is COc1ccc(-c2c3c4ccccc4n(-c4[c-]ccc(C(C)(C)C)c4)c3nc3c2c2ccccc2n3-c2cccc(-c3[c-]cccc3)n2)cc1.[Pt+2]. The summed E-state index contributed by atoms with van der Waals surface area (Å²) in [5, 5.41) is 4.41. The molecule has 0 bridgehead atoms. The summed E-state index contributed by atoms with van der Waals surface area (Å²) in [6.45, 7) is 6.73. The van der Waals surface area contributed by atoms with Crippen LogP contribution < -0.4 is 4.74 Å². The number of pyridine rings is 2. The minimum atomic E-state index is -0.0309. The normalized spacial score (nSPS) is 11.8. The molecule has 0 aliphatic carbocycles. The largest absolute Gasteiger partial charge is 2.00 e. The topological polar surface area (TPSA) is 44.9 Å². The molecule has 0 fully saturated rings. The third kappa shape index (κ3) is 5.35. The monoisotopic (exact) mass is 841 g/mol. The quantitative estimate of drug-likeness (QED) is 0.162. The molecule has 0 radical (unpaired) electrons. The number of nitrogens with zero attached hydrogens (tertiary/aromatic N) is 4. The van der Waals surface area contributed by atoms with E-state index in [0.29, 0.717) is 0 Å². The summed E-state index contributed by atoms with van der Waals surface area (Å²) in [5.41, 5.74) is 9.99. The number of para-hydroxylation sites is 2. The molecular weight excluding hydrogens is 808 g/mol. The van der Waals surface area contributed by atoms with Gasteiger partial charge in [0.1, 0.15) is 22.9 Å². The molecule has 0 saturated heterocycles. The van der Waals surface area contributed by atoms with Gasteiger partial charge in [0.15, 0.2) is 0 Å². The first-order chi connectivity index (χ1) is 24.4. The van der Waals surface area contributed by atoms with Crippen molar-refractivity contribution in [3.05, 3.63) is 151 Å². The zero-order valence-electron chi connectivity index (χ0n) is 28.7. The van der Waals surface area contributed by atoms with Crippen LogP contribution >= 0.6 is 0 Å². The van der Waals surface area contributed by atoms with Crippen molar-refractivity contribution in [2.45, 2.75) is 26.2 Å². The van der Waals surface area contributed by atoms with Crippen LogP contribution in [-0.2, 0) is 26.5 Å². The number of fused-ring (bicyclic) bond motifs is 6. The molecule has 0 N–H and O–H groups in total. The molecule has 0 amide bonds. The summed E-state index contributed by atoms with van der Waals surface area (Å²) >= 11 is 0. The Balaban J connectivity index is 0.00000374. The molecule has 6 heteroatoms. The smallest absolute Gasteiger partial charge is 0.497 e. The zero-order valence-corrected chi connectivity index (χ0v) is 31.0. The molecule has 0 saturated carbocycles. The van der Waals surface area contributed by atoms with Crippen molar-refractivity contribution in [3.8, 4) is 39.6 Å². The Hall–Kier alpha value is -5.51. The molecule has 0 spiro atoms. The van der Waals surface area contributed by atoms with Gasteiger partial charge in [0.25, 0.3) is 0 Å². The molecule has 0 atom stereocenters. The summed E-state index contributed by atoms with van der Waals surface area (Å²) in [7, 11) is 1.70. The van der Waals surface area contributed by atoms with Gasteiger partial charge in [-0.25, -0.2) is 4.98 Å². The minimum absolute atomic E-state index is 0. The molecule has 0 unspecified atom stereocenters. The molecule has 5 aromatic carbocycles. The Kier molecular flexibility index (Phi) is 8.12. The molecule has 9 aromatic rings. The van der Waals surface area contributed by atoms with Crippen LogP contribution in [0, 0.1) is 12.1 Å². The third-order valence-electron chi connectivity index (χ3n) is 9.63. The number of methoxy groups -OCH3 is 1. The van der Waals surface area contributed by atoms with Crippen molar-refractivity contribution in [3.63, 3.8) is 0 Å².